The second-order valence-corrected chi connectivity index (χ2v) is 7.67. The number of fused-ring (bicyclic) bond motifs is 1. The highest BCUT2D eigenvalue weighted by Crippen LogP contribution is 2.28. The molecule has 1 aromatic carbocycles. The molecule has 0 bridgehead atoms. The van der Waals surface area contributed by atoms with Crippen molar-refractivity contribution in [3.05, 3.63) is 48.0 Å². The zero-order valence-electron chi connectivity index (χ0n) is 10.7. The van der Waals surface area contributed by atoms with Gasteiger partial charge in [0.1, 0.15) is 5.82 Å². The Labute approximate surface area is 124 Å². The third-order valence-corrected chi connectivity index (χ3v) is 5.94. The van der Waals surface area contributed by atoms with Crippen LogP contribution in [-0.2, 0) is 15.6 Å². The molecule has 108 valence electrons. The Bertz CT molecular complexity index is 922. The molecule has 0 saturated carbocycles. The van der Waals surface area contributed by atoms with Gasteiger partial charge in [-0.3, -0.25) is 4.98 Å². The summed E-state index contributed by atoms with van der Waals surface area (Å²) in [4.78, 5) is 7.75. The Kier molecular flexibility index (Phi) is 3.34. The number of sulfone groups is 1. The van der Waals surface area contributed by atoms with Crippen LogP contribution in [0.5, 0.6) is 0 Å². The van der Waals surface area contributed by atoms with E-state index in [4.69, 9.17) is 5.73 Å². The van der Waals surface area contributed by atoms with Gasteiger partial charge in [0.05, 0.1) is 22.2 Å². The van der Waals surface area contributed by atoms with Gasteiger partial charge in [-0.2, -0.15) is 0 Å². The van der Waals surface area contributed by atoms with E-state index in [1.54, 1.807) is 18.2 Å². The summed E-state index contributed by atoms with van der Waals surface area (Å²) >= 11 is 1.05. The largest absolute Gasteiger partial charge is 0.399 e. The van der Waals surface area contributed by atoms with Crippen molar-refractivity contribution in [1.82, 2.24) is 9.97 Å². The topological polar surface area (TPSA) is 85.9 Å². The Morgan fingerprint density at radius 1 is 1.24 bits per heavy atom. The van der Waals surface area contributed by atoms with Crippen LogP contribution in [0.4, 0.5) is 10.1 Å². The summed E-state index contributed by atoms with van der Waals surface area (Å²) in [5.74, 6) is -0.910. The lowest BCUT2D eigenvalue weighted by Crippen LogP contribution is -2.05. The zero-order chi connectivity index (χ0) is 15.0. The average Bonchev–Trinajstić information content (AvgIpc) is 2.82. The first-order valence-electron chi connectivity index (χ1n) is 5.92. The molecule has 0 aliphatic carbocycles. The van der Waals surface area contributed by atoms with Crippen molar-refractivity contribution in [2.45, 2.75) is 10.1 Å². The number of pyridine rings is 1. The fourth-order valence-corrected chi connectivity index (χ4v) is 4.53. The van der Waals surface area contributed by atoms with Crippen molar-refractivity contribution in [2.75, 3.05) is 5.73 Å². The third kappa shape index (κ3) is 2.86. The van der Waals surface area contributed by atoms with E-state index in [0.29, 0.717) is 15.9 Å². The van der Waals surface area contributed by atoms with Crippen LogP contribution in [0.15, 0.2) is 41.0 Å². The summed E-state index contributed by atoms with van der Waals surface area (Å²) < 4.78 is 38.4. The molecule has 0 spiro atoms. The molecular formula is C13H10FN3O2S2. The van der Waals surface area contributed by atoms with E-state index in [0.717, 1.165) is 23.6 Å². The maximum absolute atomic E-state index is 13.1. The van der Waals surface area contributed by atoms with E-state index in [2.05, 4.69) is 9.97 Å². The van der Waals surface area contributed by atoms with Crippen molar-refractivity contribution in [3.63, 3.8) is 0 Å². The number of aromatic nitrogens is 2. The van der Waals surface area contributed by atoms with Crippen molar-refractivity contribution in [1.29, 1.82) is 0 Å². The maximum Gasteiger partial charge on any atom is 0.210 e. The fourth-order valence-electron chi connectivity index (χ4n) is 1.87. The number of nitrogens with zero attached hydrogens (tertiary/aromatic N) is 2. The average molecular weight is 323 g/mol. The van der Waals surface area contributed by atoms with Gasteiger partial charge in [0.15, 0.2) is 0 Å². The highest BCUT2D eigenvalue weighted by Gasteiger charge is 2.21. The number of nitrogens with two attached hydrogens (primary N) is 1. The molecule has 0 amide bonds. The third-order valence-electron chi connectivity index (χ3n) is 2.78. The van der Waals surface area contributed by atoms with Gasteiger partial charge in [-0.1, -0.05) is 0 Å². The van der Waals surface area contributed by atoms with Crippen LogP contribution in [0.25, 0.3) is 10.2 Å². The van der Waals surface area contributed by atoms with E-state index in [9.17, 15) is 12.8 Å². The van der Waals surface area contributed by atoms with Crippen LogP contribution in [0.1, 0.15) is 5.56 Å². The maximum atomic E-state index is 13.1. The van der Waals surface area contributed by atoms with Crippen LogP contribution in [0.3, 0.4) is 0 Å². The zero-order valence-corrected chi connectivity index (χ0v) is 12.3. The Morgan fingerprint density at radius 3 is 2.81 bits per heavy atom. The Morgan fingerprint density at radius 2 is 2.05 bits per heavy atom. The monoisotopic (exact) mass is 323 g/mol. The highest BCUT2D eigenvalue weighted by atomic mass is 32.2. The van der Waals surface area contributed by atoms with Gasteiger partial charge in [-0.05, 0) is 29.8 Å². The smallest absolute Gasteiger partial charge is 0.210 e. The quantitative estimate of drug-likeness (QED) is 0.748. The van der Waals surface area contributed by atoms with Crippen molar-refractivity contribution in [3.8, 4) is 0 Å². The molecule has 2 heterocycles. The lowest BCUT2D eigenvalue weighted by atomic mass is 10.3. The second-order valence-electron chi connectivity index (χ2n) is 4.48. The van der Waals surface area contributed by atoms with E-state index in [1.165, 1.54) is 6.20 Å². The van der Waals surface area contributed by atoms with E-state index >= 15 is 0 Å². The Balaban J connectivity index is 2.00. The number of halogens is 1. The first-order valence-corrected chi connectivity index (χ1v) is 8.39. The summed E-state index contributed by atoms with van der Waals surface area (Å²) in [7, 11) is -3.64. The van der Waals surface area contributed by atoms with Crippen LogP contribution < -0.4 is 5.73 Å². The summed E-state index contributed by atoms with van der Waals surface area (Å²) in [6.45, 7) is 0. The minimum Gasteiger partial charge on any atom is -0.399 e. The van der Waals surface area contributed by atoms with Crippen molar-refractivity contribution >= 4 is 37.1 Å². The van der Waals surface area contributed by atoms with Gasteiger partial charge >= 0.3 is 0 Å². The van der Waals surface area contributed by atoms with Gasteiger partial charge in [0.2, 0.25) is 14.2 Å². The molecule has 0 aliphatic rings. The lowest BCUT2D eigenvalue weighted by molar-refractivity contribution is 0.593. The van der Waals surface area contributed by atoms with E-state index in [1.807, 2.05) is 0 Å². The van der Waals surface area contributed by atoms with Crippen LogP contribution in [0.2, 0.25) is 0 Å². The number of nitrogen functional groups attached to an aromatic ring is 1. The molecular weight excluding hydrogens is 313 g/mol. The summed E-state index contributed by atoms with van der Waals surface area (Å²) in [6, 6.07) is 6.16. The molecule has 21 heavy (non-hydrogen) atoms. The van der Waals surface area contributed by atoms with Gasteiger partial charge in [-0.25, -0.2) is 17.8 Å². The second kappa shape index (κ2) is 5.05. The number of benzene rings is 1. The molecule has 5 nitrogen and oxygen atoms in total. The first kappa shape index (κ1) is 13.9. The predicted octanol–water partition coefficient (Wildman–Crippen LogP) is 2.39. The van der Waals surface area contributed by atoms with E-state index in [-0.39, 0.29) is 15.7 Å². The normalized spacial score (nSPS) is 11.9. The molecule has 2 aromatic heterocycles. The van der Waals surface area contributed by atoms with Gasteiger partial charge in [0.25, 0.3) is 0 Å². The van der Waals surface area contributed by atoms with Gasteiger partial charge in [0, 0.05) is 11.9 Å². The van der Waals surface area contributed by atoms with Crippen LogP contribution >= 0.6 is 11.3 Å². The molecule has 8 heteroatoms. The molecule has 0 radical (unpaired) electrons. The molecule has 0 saturated heterocycles. The number of hydrogen-bond donors (Lipinski definition) is 1. The van der Waals surface area contributed by atoms with Crippen molar-refractivity contribution in [2.24, 2.45) is 0 Å². The van der Waals surface area contributed by atoms with Crippen molar-refractivity contribution < 1.29 is 12.8 Å². The molecule has 3 rings (SSSR count). The fraction of sp³-hybridized carbons (Fsp3) is 0.0769. The summed E-state index contributed by atoms with van der Waals surface area (Å²) in [5, 5.41) is 0. The minimum absolute atomic E-state index is 0.00707. The molecule has 0 aliphatic heterocycles. The number of thiazole rings is 1. The standard InChI is InChI=1S/C13H10FN3O2S2/c14-9-3-8(5-16-6-9)7-21(18,19)13-17-11-2-1-10(15)4-12(11)20-13/h1-6H,7,15H2. The molecule has 0 atom stereocenters. The Hall–Kier alpha value is -2.06. The first-order chi connectivity index (χ1) is 9.94. The molecule has 0 unspecified atom stereocenters. The number of rotatable bonds is 3. The number of anilines is 1. The predicted molar refractivity (Wildman–Crippen MR) is 79.1 cm³/mol. The molecule has 3 aromatic rings. The van der Waals surface area contributed by atoms with Gasteiger partial charge in [-0.15, -0.1) is 11.3 Å². The molecule has 2 N–H and O–H groups in total. The SMILES string of the molecule is Nc1ccc2nc(S(=O)(=O)Cc3cncc(F)c3)sc2c1. The van der Waals surface area contributed by atoms with E-state index < -0.39 is 15.7 Å². The lowest BCUT2D eigenvalue weighted by Gasteiger charge is -2.00. The summed E-state index contributed by atoms with van der Waals surface area (Å²) in [5.41, 5.74) is 7.07. The highest BCUT2D eigenvalue weighted by molar-refractivity contribution is 7.92. The molecule has 0 fully saturated rings. The van der Waals surface area contributed by atoms with Crippen LogP contribution in [0, 0.1) is 5.82 Å². The minimum atomic E-state index is -3.64. The van der Waals surface area contributed by atoms with Crippen LogP contribution in [-0.4, -0.2) is 18.4 Å². The summed E-state index contributed by atoms with van der Waals surface area (Å²) in [6.07, 6.45) is 2.35. The number of hydrogen-bond acceptors (Lipinski definition) is 6. The van der Waals surface area contributed by atoms with Gasteiger partial charge < -0.3 is 5.73 Å².